The Morgan fingerprint density at radius 2 is 2.31 bits per heavy atom. The van der Waals surface area contributed by atoms with Crippen molar-refractivity contribution in [1.29, 1.82) is 0 Å². The van der Waals surface area contributed by atoms with E-state index in [-0.39, 0.29) is 0 Å². The third-order valence-electron chi connectivity index (χ3n) is 2.12. The number of thioether (sulfide) groups is 1. The molecule has 88 valence electrons. The van der Waals surface area contributed by atoms with Crippen LogP contribution in [0.1, 0.15) is 12.1 Å². The van der Waals surface area contributed by atoms with Gasteiger partial charge in [-0.05, 0) is 36.5 Å². The zero-order valence-corrected chi connectivity index (χ0v) is 9.82. The predicted molar refractivity (Wildman–Crippen MR) is 65.5 cm³/mol. The summed E-state index contributed by atoms with van der Waals surface area (Å²) in [6.45, 7) is 0. The number of aromatic nitrogens is 1. The number of carboxylic acids is 1. The second-order valence-electron chi connectivity index (χ2n) is 3.42. The van der Waals surface area contributed by atoms with Crippen molar-refractivity contribution in [2.75, 3.05) is 11.5 Å². The minimum Gasteiger partial charge on any atom is -0.480 e. The van der Waals surface area contributed by atoms with E-state index in [4.69, 9.17) is 10.8 Å². The number of carbonyl (C=O) groups is 1. The molecule has 0 bridgehead atoms. The molecule has 1 rings (SSSR count). The molecule has 1 atom stereocenters. The lowest BCUT2D eigenvalue weighted by Gasteiger charge is -2.05. The van der Waals surface area contributed by atoms with Crippen LogP contribution in [0.4, 0.5) is 0 Å². The number of aryl methyl sites for hydroxylation is 1. The monoisotopic (exact) mass is 240 g/mol. The van der Waals surface area contributed by atoms with E-state index >= 15 is 0 Å². The highest BCUT2D eigenvalue weighted by atomic mass is 32.2. The van der Waals surface area contributed by atoms with E-state index in [0.717, 1.165) is 23.6 Å². The van der Waals surface area contributed by atoms with Crippen LogP contribution >= 0.6 is 11.8 Å². The smallest absolute Gasteiger partial charge is 0.320 e. The molecule has 0 saturated heterocycles. The third kappa shape index (κ3) is 5.14. The average molecular weight is 240 g/mol. The molecular weight excluding hydrogens is 224 g/mol. The number of hydrogen-bond donors (Lipinski definition) is 2. The fourth-order valence-corrected chi connectivity index (χ4v) is 2.14. The SMILES string of the molecule is NC(CCSCCc1ccccn1)C(=O)O. The molecule has 0 fully saturated rings. The van der Waals surface area contributed by atoms with Crippen LogP contribution in [-0.2, 0) is 11.2 Å². The lowest BCUT2D eigenvalue weighted by molar-refractivity contribution is -0.138. The summed E-state index contributed by atoms with van der Waals surface area (Å²) in [5, 5.41) is 8.57. The van der Waals surface area contributed by atoms with Gasteiger partial charge in [-0.25, -0.2) is 0 Å². The van der Waals surface area contributed by atoms with Gasteiger partial charge in [0, 0.05) is 11.9 Å². The largest absolute Gasteiger partial charge is 0.480 e. The molecule has 1 heterocycles. The Kier molecular flexibility index (Phi) is 5.88. The highest BCUT2D eigenvalue weighted by molar-refractivity contribution is 7.99. The molecule has 5 heteroatoms. The molecule has 1 aromatic heterocycles. The maximum absolute atomic E-state index is 10.4. The molecule has 0 aliphatic rings. The van der Waals surface area contributed by atoms with Crippen molar-refractivity contribution < 1.29 is 9.90 Å². The van der Waals surface area contributed by atoms with Gasteiger partial charge in [0.1, 0.15) is 6.04 Å². The number of pyridine rings is 1. The van der Waals surface area contributed by atoms with Gasteiger partial charge in [0.05, 0.1) is 0 Å². The van der Waals surface area contributed by atoms with Gasteiger partial charge in [0.2, 0.25) is 0 Å². The molecular formula is C11H16N2O2S. The summed E-state index contributed by atoms with van der Waals surface area (Å²) in [7, 11) is 0. The Morgan fingerprint density at radius 1 is 1.50 bits per heavy atom. The number of aliphatic carboxylic acids is 1. The summed E-state index contributed by atoms with van der Waals surface area (Å²) in [4.78, 5) is 14.6. The molecule has 0 radical (unpaired) electrons. The fourth-order valence-electron chi connectivity index (χ4n) is 1.16. The molecule has 0 aliphatic heterocycles. The molecule has 0 spiro atoms. The number of nitrogens with zero attached hydrogens (tertiary/aromatic N) is 1. The maximum atomic E-state index is 10.4. The maximum Gasteiger partial charge on any atom is 0.320 e. The Balaban J connectivity index is 2.07. The van der Waals surface area contributed by atoms with E-state index in [0.29, 0.717) is 6.42 Å². The van der Waals surface area contributed by atoms with Crippen LogP contribution in [0.25, 0.3) is 0 Å². The number of nitrogens with two attached hydrogens (primary N) is 1. The Morgan fingerprint density at radius 3 is 2.94 bits per heavy atom. The van der Waals surface area contributed by atoms with Gasteiger partial charge in [-0.2, -0.15) is 11.8 Å². The van der Waals surface area contributed by atoms with Crippen LogP contribution < -0.4 is 5.73 Å². The summed E-state index contributed by atoms with van der Waals surface area (Å²) < 4.78 is 0. The van der Waals surface area contributed by atoms with Crippen molar-refractivity contribution in [3.8, 4) is 0 Å². The summed E-state index contributed by atoms with van der Waals surface area (Å²) >= 11 is 1.71. The predicted octanol–water partition coefficient (Wildman–Crippen LogP) is 1.16. The quantitative estimate of drug-likeness (QED) is 0.699. The van der Waals surface area contributed by atoms with Crippen LogP contribution in [0.5, 0.6) is 0 Å². The zero-order chi connectivity index (χ0) is 11.8. The Hall–Kier alpha value is -1.07. The van der Waals surface area contributed by atoms with Gasteiger partial charge < -0.3 is 10.8 Å². The number of hydrogen-bond acceptors (Lipinski definition) is 4. The normalized spacial score (nSPS) is 12.3. The minimum absolute atomic E-state index is 0.516. The number of rotatable bonds is 7. The van der Waals surface area contributed by atoms with Gasteiger partial charge in [0.25, 0.3) is 0 Å². The van der Waals surface area contributed by atoms with Crippen molar-refractivity contribution in [1.82, 2.24) is 4.98 Å². The average Bonchev–Trinajstić information content (AvgIpc) is 2.29. The first kappa shape index (κ1) is 13.0. The molecule has 0 aliphatic carbocycles. The van der Waals surface area contributed by atoms with Gasteiger partial charge in [0.15, 0.2) is 0 Å². The van der Waals surface area contributed by atoms with E-state index < -0.39 is 12.0 Å². The molecule has 3 N–H and O–H groups in total. The Bertz CT molecular complexity index is 319. The van der Waals surface area contributed by atoms with Crippen LogP contribution in [0.15, 0.2) is 24.4 Å². The Labute approximate surface area is 99.3 Å². The lowest BCUT2D eigenvalue weighted by Crippen LogP contribution is -2.30. The third-order valence-corrected chi connectivity index (χ3v) is 3.14. The zero-order valence-electron chi connectivity index (χ0n) is 9.00. The summed E-state index contributed by atoms with van der Waals surface area (Å²) in [6, 6.07) is 5.11. The lowest BCUT2D eigenvalue weighted by atomic mass is 10.2. The van der Waals surface area contributed by atoms with Crippen LogP contribution in [0, 0.1) is 0 Å². The second kappa shape index (κ2) is 7.24. The highest BCUT2D eigenvalue weighted by Crippen LogP contribution is 2.07. The first-order valence-electron chi connectivity index (χ1n) is 5.16. The van der Waals surface area contributed by atoms with Gasteiger partial charge >= 0.3 is 5.97 Å². The highest BCUT2D eigenvalue weighted by Gasteiger charge is 2.09. The molecule has 0 amide bonds. The standard InChI is InChI=1S/C11H16N2O2S/c12-10(11(14)15)5-8-16-7-4-9-3-1-2-6-13-9/h1-3,6,10H,4-5,7-8,12H2,(H,14,15). The van der Waals surface area contributed by atoms with Gasteiger partial charge in [-0.15, -0.1) is 0 Å². The molecule has 0 saturated carbocycles. The molecule has 16 heavy (non-hydrogen) atoms. The van der Waals surface area contributed by atoms with Gasteiger partial charge in [-0.3, -0.25) is 9.78 Å². The number of carboxylic acid groups (broad SMARTS) is 1. The van der Waals surface area contributed by atoms with Gasteiger partial charge in [-0.1, -0.05) is 6.07 Å². The molecule has 4 nitrogen and oxygen atoms in total. The van der Waals surface area contributed by atoms with Crippen molar-refractivity contribution in [3.05, 3.63) is 30.1 Å². The summed E-state index contributed by atoms with van der Waals surface area (Å²) in [5.74, 6) is 0.800. The first-order valence-corrected chi connectivity index (χ1v) is 6.31. The van der Waals surface area contributed by atoms with E-state index in [9.17, 15) is 4.79 Å². The first-order chi connectivity index (χ1) is 7.70. The van der Waals surface area contributed by atoms with E-state index in [1.165, 1.54) is 0 Å². The van der Waals surface area contributed by atoms with E-state index in [1.54, 1.807) is 18.0 Å². The summed E-state index contributed by atoms with van der Waals surface area (Å²) in [5.41, 5.74) is 6.45. The van der Waals surface area contributed by atoms with Crippen molar-refractivity contribution in [3.63, 3.8) is 0 Å². The van der Waals surface area contributed by atoms with Crippen molar-refractivity contribution in [2.24, 2.45) is 5.73 Å². The minimum atomic E-state index is -0.926. The van der Waals surface area contributed by atoms with Crippen molar-refractivity contribution in [2.45, 2.75) is 18.9 Å². The molecule has 1 aromatic rings. The van der Waals surface area contributed by atoms with E-state index in [1.807, 2.05) is 18.2 Å². The topological polar surface area (TPSA) is 76.2 Å². The molecule has 0 aromatic carbocycles. The summed E-state index contributed by atoms with van der Waals surface area (Å²) in [6.07, 6.45) is 3.20. The van der Waals surface area contributed by atoms with Crippen LogP contribution in [0.3, 0.4) is 0 Å². The second-order valence-corrected chi connectivity index (χ2v) is 4.64. The van der Waals surface area contributed by atoms with E-state index in [2.05, 4.69) is 4.98 Å². The molecule has 1 unspecified atom stereocenters. The van der Waals surface area contributed by atoms with Crippen molar-refractivity contribution >= 4 is 17.7 Å². The van der Waals surface area contributed by atoms with Crippen LogP contribution in [0.2, 0.25) is 0 Å². The fraction of sp³-hybridized carbons (Fsp3) is 0.455. The van der Waals surface area contributed by atoms with Crippen LogP contribution in [-0.4, -0.2) is 33.6 Å².